The highest BCUT2D eigenvalue weighted by atomic mass is 16.5. The van der Waals surface area contributed by atoms with Crippen molar-refractivity contribution >= 4 is 22.6 Å². The molecule has 1 N–H and O–H groups in total. The molecule has 0 radical (unpaired) electrons. The largest absolute Gasteiger partial charge is 0.497 e. The summed E-state index contributed by atoms with van der Waals surface area (Å²) >= 11 is 0. The quantitative estimate of drug-likeness (QED) is 0.708. The summed E-state index contributed by atoms with van der Waals surface area (Å²) in [6.07, 6.45) is 0. The van der Waals surface area contributed by atoms with E-state index < -0.39 is 11.5 Å². The monoisotopic (exact) mass is 355 g/mol. The molecule has 0 bridgehead atoms. The van der Waals surface area contributed by atoms with Gasteiger partial charge in [0.2, 0.25) is 0 Å². The third kappa shape index (κ3) is 3.46. The molecule has 0 saturated carbocycles. The lowest BCUT2D eigenvalue weighted by Crippen LogP contribution is -2.20. The SMILES string of the molecule is COc1cc(NC(=O)c2cc3cc(OC)ccc3oc2=O)cc(OC)c1. The average molecular weight is 355 g/mol. The summed E-state index contributed by atoms with van der Waals surface area (Å²) < 4.78 is 20.7. The van der Waals surface area contributed by atoms with E-state index in [1.54, 1.807) is 36.4 Å². The van der Waals surface area contributed by atoms with E-state index in [0.29, 0.717) is 33.9 Å². The molecule has 0 saturated heterocycles. The fourth-order valence-corrected chi connectivity index (χ4v) is 2.46. The maximum atomic E-state index is 12.5. The van der Waals surface area contributed by atoms with E-state index in [1.807, 2.05) is 0 Å². The Labute approximate surface area is 149 Å². The van der Waals surface area contributed by atoms with Crippen molar-refractivity contribution in [3.8, 4) is 17.2 Å². The molecule has 1 amide bonds. The third-order valence-corrected chi connectivity index (χ3v) is 3.79. The van der Waals surface area contributed by atoms with Crippen molar-refractivity contribution in [1.29, 1.82) is 0 Å². The van der Waals surface area contributed by atoms with Gasteiger partial charge in [0.05, 0.1) is 21.3 Å². The number of hydrogen-bond donors (Lipinski definition) is 1. The van der Waals surface area contributed by atoms with E-state index in [0.717, 1.165) is 0 Å². The number of benzene rings is 2. The molecule has 0 aliphatic heterocycles. The van der Waals surface area contributed by atoms with Gasteiger partial charge in [-0.1, -0.05) is 0 Å². The highest BCUT2D eigenvalue weighted by Gasteiger charge is 2.15. The number of carbonyl (C=O) groups is 1. The summed E-state index contributed by atoms with van der Waals surface area (Å²) in [6, 6.07) is 11.3. The van der Waals surface area contributed by atoms with Crippen LogP contribution in [0.4, 0.5) is 5.69 Å². The van der Waals surface area contributed by atoms with E-state index in [2.05, 4.69) is 5.32 Å². The van der Waals surface area contributed by atoms with Crippen molar-refractivity contribution in [2.24, 2.45) is 0 Å². The normalized spacial score (nSPS) is 10.4. The molecule has 3 rings (SSSR count). The highest BCUT2D eigenvalue weighted by Crippen LogP contribution is 2.26. The Bertz CT molecular complexity index is 1000. The van der Waals surface area contributed by atoms with Crippen molar-refractivity contribution in [3.63, 3.8) is 0 Å². The van der Waals surface area contributed by atoms with E-state index in [4.69, 9.17) is 18.6 Å². The second-order valence-electron chi connectivity index (χ2n) is 5.41. The van der Waals surface area contributed by atoms with Gasteiger partial charge in [-0.15, -0.1) is 0 Å². The summed E-state index contributed by atoms with van der Waals surface area (Å²) in [4.78, 5) is 24.7. The van der Waals surface area contributed by atoms with Crippen molar-refractivity contribution in [2.75, 3.05) is 26.6 Å². The first kappa shape index (κ1) is 17.3. The topological polar surface area (TPSA) is 87.0 Å². The van der Waals surface area contributed by atoms with Crippen LogP contribution in [0.15, 0.2) is 51.7 Å². The van der Waals surface area contributed by atoms with Crippen molar-refractivity contribution in [2.45, 2.75) is 0 Å². The van der Waals surface area contributed by atoms with Gasteiger partial charge in [-0.2, -0.15) is 0 Å². The maximum absolute atomic E-state index is 12.5. The fraction of sp³-hybridized carbons (Fsp3) is 0.158. The third-order valence-electron chi connectivity index (χ3n) is 3.79. The molecule has 1 heterocycles. The fourth-order valence-electron chi connectivity index (χ4n) is 2.46. The number of amides is 1. The molecule has 0 atom stereocenters. The maximum Gasteiger partial charge on any atom is 0.349 e. The average Bonchev–Trinajstić information content (AvgIpc) is 2.66. The van der Waals surface area contributed by atoms with Gasteiger partial charge in [-0.25, -0.2) is 4.79 Å². The zero-order valence-corrected chi connectivity index (χ0v) is 14.5. The number of methoxy groups -OCH3 is 3. The standard InChI is InChI=1S/C19H17NO6/c1-23-13-4-5-17-11(6-13)7-16(19(22)26-17)18(21)20-12-8-14(24-2)10-15(9-12)25-3/h4-10H,1-3H3,(H,20,21). The van der Waals surface area contributed by atoms with Gasteiger partial charge in [0, 0.05) is 29.3 Å². The summed E-state index contributed by atoms with van der Waals surface area (Å²) in [5.41, 5.74) is -0.0469. The van der Waals surface area contributed by atoms with E-state index in [1.165, 1.54) is 27.4 Å². The molecule has 0 aliphatic carbocycles. The van der Waals surface area contributed by atoms with Gasteiger partial charge < -0.3 is 23.9 Å². The molecule has 7 nitrogen and oxygen atoms in total. The molecule has 0 fully saturated rings. The summed E-state index contributed by atoms with van der Waals surface area (Å²) in [5, 5.41) is 3.23. The predicted octanol–water partition coefficient (Wildman–Crippen LogP) is 3.07. The van der Waals surface area contributed by atoms with E-state index in [-0.39, 0.29) is 5.56 Å². The molecule has 1 aromatic heterocycles. The molecule has 0 unspecified atom stereocenters. The van der Waals surface area contributed by atoms with Crippen LogP contribution in [0.1, 0.15) is 10.4 Å². The smallest absolute Gasteiger partial charge is 0.349 e. The number of hydrogen-bond acceptors (Lipinski definition) is 6. The van der Waals surface area contributed by atoms with Crippen LogP contribution in [0.25, 0.3) is 11.0 Å². The molecular weight excluding hydrogens is 338 g/mol. The summed E-state index contributed by atoms with van der Waals surface area (Å²) in [7, 11) is 4.54. The van der Waals surface area contributed by atoms with Crippen LogP contribution in [0, 0.1) is 0 Å². The van der Waals surface area contributed by atoms with Crippen molar-refractivity contribution in [1.82, 2.24) is 0 Å². The van der Waals surface area contributed by atoms with Gasteiger partial charge in [-0.05, 0) is 24.3 Å². The number of nitrogens with one attached hydrogen (secondary N) is 1. The summed E-state index contributed by atoms with van der Waals surface area (Å²) in [6.45, 7) is 0. The molecule has 3 aromatic rings. The Morgan fingerprint density at radius 1 is 0.885 bits per heavy atom. The van der Waals surface area contributed by atoms with Crippen LogP contribution in [-0.4, -0.2) is 27.2 Å². The highest BCUT2D eigenvalue weighted by molar-refractivity contribution is 6.05. The van der Waals surface area contributed by atoms with Crippen LogP contribution in [-0.2, 0) is 0 Å². The molecule has 134 valence electrons. The lowest BCUT2D eigenvalue weighted by Gasteiger charge is -2.10. The molecule has 2 aromatic carbocycles. The van der Waals surface area contributed by atoms with Crippen LogP contribution < -0.4 is 25.2 Å². The van der Waals surface area contributed by atoms with Gasteiger partial charge in [-0.3, -0.25) is 4.79 Å². The molecule has 0 spiro atoms. The first-order chi connectivity index (χ1) is 12.5. The Hall–Kier alpha value is -3.48. The Balaban J connectivity index is 1.97. The lowest BCUT2D eigenvalue weighted by atomic mass is 10.1. The first-order valence-electron chi connectivity index (χ1n) is 7.70. The first-order valence-corrected chi connectivity index (χ1v) is 7.70. The summed E-state index contributed by atoms with van der Waals surface area (Å²) in [5.74, 6) is 1.01. The Kier molecular flexibility index (Phi) is 4.79. The van der Waals surface area contributed by atoms with Gasteiger partial charge in [0.1, 0.15) is 28.4 Å². The van der Waals surface area contributed by atoms with Crippen molar-refractivity contribution in [3.05, 3.63) is 58.4 Å². The minimum atomic E-state index is -0.727. The minimum Gasteiger partial charge on any atom is -0.497 e. The van der Waals surface area contributed by atoms with Gasteiger partial charge in [0.25, 0.3) is 5.91 Å². The van der Waals surface area contributed by atoms with Crippen LogP contribution >= 0.6 is 0 Å². The molecular formula is C19H17NO6. The number of rotatable bonds is 5. The zero-order chi connectivity index (χ0) is 18.7. The lowest BCUT2D eigenvalue weighted by molar-refractivity contribution is 0.102. The minimum absolute atomic E-state index is 0.118. The van der Waals surface area contributed by atoms with E-state index >= 15 is 0 Å². The van der Waals surface area contributed by atoms with Crippen LogP contribution in [0.3, 0.4) is 0 Å². The Morgan fingerprint density at radius 2 is 1.54 bits per heavy atom. The molecule has 7 heteroatoms. The van der Waals surface area contributed by atoms with Gasteiger partial charge >= 0.3 is 5.63 Å². The molecule has 26 heavy (non-hydrogen) atoms. The number of ether oxygens (including phenoxy) is 3. The van der Waals surface area contributed by atoms with E-state index in [9.17, 15) is 9.59 Å². The zero-order valence-electron chi connectivity index (χ0n) is 14.5. The second-order valence-corrected chi connectivity index (χ2v) is 5.41. The second kappa shape index (κ2) is 7.18. The number of fused-ring (bicyclic) bond motifs is 1. The van der Waals surface area contributed by atoms with Crippen LogP contribution in [0.2, 0.25) is 0 Å². The molecule has 0 aliphatic rings. The predicted molar refractivity (Wildman–Crippen MR) is 96.5 cm³/mol. The number of anilines is 1. The van der Waals surface area contributed by atoms with Gasteiger partial charge in [0.15, 0.2) is 0 Å². The number of carbonyl (C=O) groups excluding carboxylic acids is 1. The van der Waals surface area contributed by atoms with Crippen LogP contribution in [0.5, 0.6) is 17.2 Å². The Morgan fingerprint density at radius 3 is 2.15 bits per heavy atom. The van der Waals surface area contributed by atoms with Crippen molar-refractivity contribution < 1.29 is 23.4 Å².